The zero-order valence-electron chi connectivity index (χ0n) is 10.9. The fourth-order valence-electron chi connectivity index (χ4n) is 0.834. The molecule has 0 aliphatic carbocycles. The Morgan fingerprint density at radius 2 is 1.70 bits per heavy atom. The highest BCUT2D eigenvalue weighted by Crippen LogP contribution is 2.11. The van der Waals surface area contributed by atoms with E-state index in [4.69, 9.17) is 20.7 Å². The molecule has 0 fully saturated rings. The molecule has 0 aliphatic rings. The number of halogens is 3. The highest BCUT2D eigenvalue weighted by Gasteiger charge is 2.28. The van der Waals surface area contributed by atoms with E-state index in [2.05, 4.69) is 0 Å². The Morgan fingerprint density at radius 1 is 1.30 bits per heavy atom. The number of carboxylic acids is 2. The molecule has 0 rings (SSSR count). The van der Waals surface area contributed by atoms with Crippen molar-refractivity contribution < 1.29 is 37.8 Å². The van der Waals surface area contributed by atoms with Gasteiger partial charge in [0.15, 0.2) is 11.5 Å². The van der Waals surface area contributed by atoms with E-state index in [-0.39, 0.29) is 29.5 Å². The average molecular weight is 319 g/mol. The number of nitrogens with two attached hydrogens (primary N) is 1. The van der Waals surface area contributed by atoms with Crippen LogP contribution in [0.15, 0.2) is 0 Å². The van der Waals surface area contributed by atoms with Crippen LogP contribution in [0.1, 0.15) is 12.8 Å². The second kappa shape index (κ2) is 9.59. The smallest absolute Gasteiger partial charge is 0.430 e. The summed E-state index contributed by atoms with van der Waals surface area (Å²) >= 11 is 0. The maximum Gasteiger partial charge on any atom is 0.430 e. The van der Waals surface area contributed by atoms with E-state index in [1.54, 1.807) is 0 Å². The summed E-state index contributed by atoms with van der Waals surface area (Å²) < 4.78 is 31.5. The molecule has 0 aliphatic heterocycles. The Kier molecular flexibility index (Phi) is 10.1. The van der Waals surface area contributed by atoms with Crippen LogP contribution in [0.25, 0.3) is 0 Å². The van der Waals surface area contributed by atoms with Crippen LogP contribution in [-0.2, 0) is 25.3 Å². The Hall–Kier alpha value is -1.29. The topological polar surface area (TPSA) is 121 Å². The second-order valence-corrected chi connectivity index (χ2v) is 6.20. The first-order valence-electron chi connectivity index (χ1n) is 5.20. The molecule has 0 bridgehead atoms. The van der Waals surface area contributed by atoms with E-state index >= 15 is 0 Å². The molecule has 0 unspecified atom stereocenters. The van der Waals surface area contributed by atoms with Crippen LogP contribution in [0.2, 0.25) is 0 Å². The van der Waals surface area contributed by atoms with Crippen molar-refractivity contribution in [2.75, 3.05) is 18.3 Å². The molecular weight excluding hydrogens is 303 g/mol. The lowest BCUT2D eigenvalue weighted by Gasteiger charge is -2.03. The molecule has 1 atom stereocenters. The van der Waals surface area contributed by atoms with Crippen molar-refractivity contribution in [3.05, 3.63) is 0 Å². The van der Waals surface area contributed by atoms with Crippen molar-refractivity contribution in [3.8, 4) is 0 Å². The molecule has 0 aromatic carbocycles. The van der Waals surface area contributed by atoms with E-state index in [9.17, 15) is 22.8 Å². The summed E-state index contributed by atoms with van der Waals surface area (Å²) in [5, 5.41) is 17.2. The van der Waals surface area contributed by atoms with E-state index in [1.165, 1.54) is 0 Å². The van der Waals surface area contributed by atoms with Gasteiger partial charge in [-0.1, -0.05) is 0 Å². The first-order chi connectivity index (χ1) is 8.87. The third-order valence-corrected chi connectivity index (χ3v) is 2.63. The van der Waals surface area contributed by atoms with Gasteiger partial charge in [-0.05, 0) is 17.3 Å². The molecule has 0 saturated carbocycles. The van der Waals surface area contributed by atoms with Crippen LogP contribution in [0, 0.1) is 0 Å². The Balaban J connectivity index is 0. The summed E-state index contributed by atoms with van der Waals surface area (Å²) in [5.41, 5.74) is 5.25. The Bertz CT molecular complexity index is 346. The molecule has 20 heavy (non-hydrogen) atoms. The highest BCUT2D eigenvalue weighted by atomic mass is 32.2. The molecule has 0 spiro atoms. The summed E-state index contributed by atoms with van der Waals surface area (Å²) in [4.78, 5) is 30.2. The van der Waals surface area contributed by atoms with Gasteiger partial charge in [-0.15, -0.1) is 0 Å². The number of carbonyl (C=O) groups excluding carboxylic acids is 2. The third-order valence-electron chi connectivity index (χ3n) is 1.73. The number of alkyl halides is 3. The predicted molar refractivity (Wildman–Crippen MR) is 65.0 cm³/mol. The molecule has 0 amide bonds. The third kappa shape index (κ3) is 13.1. The monoisotopic (exact) mass is 319 g/mol. The summed E-state index contributed by atoms with van der Waals surface area (Å²) in [6.07, 6.45) is -0.714. The molecule has 0 radical (unpaired) electrons. The van der Waals surface area contributed by atoms with E-state index in [0.717, 1.165) is 0 Å². The highest BCUT2D eigenvalue weighted by molar-refractivity contribution is 7.96. The van der Waals surface area contributed by atoms with Gasteiger partial charge in [0, 0.05) is 6.42 Å². The summed E-state index contributed by atoms with van der Waals surface area (Å²) in [7, 11) is 0.0911. The van der Waals surface area contributed by atoms with Gasteiger partial charge < -0.3 is 20.7 Å². The first kappa shape index (κ1) is 21.0. The molecular formula is C10H16F3NO5S. The van der Waals surface area contributed by atoms with E-state index in [0.29, 0.717) is 5.75 Å². The number of rotatable bonds is 6. The van der Waals surface area contributed by atoms with E-state index < -0.39 is 24.2 Å². The molecule has 118 valence electrons. The number of Topliss-reactive ketones (excluding diaryl/α,β-unsaturated/α-hetero) is 1. The van der Waals surface area contributed by atoms with Gasteiger partial charge >= 0.3 is 12.1 Å². The van der Waals surface area contributed by atoms with Gasteiger partial charge in [-0.3, -0.25) is 9.59 Å². The average Bonchev–Trinajstić information content (AvgIpc) is 2.24. The van der Waals surface area contributed by atoms with Crippen LogP contribution in [0.5, 0.6) is 0 Å². The SMILES string of the molecule is C[S+](C)CC(=O)CC[C@H](N)C(=O)O.O=C([O-])C(F)(F)F. The van der Waals surface area contributed by atoms with Crippen LogP contribution >= 0.6 is 0 Å². The molecule has 0 saturated heterocycles. The largest absolute Gasteiger partial charge is 0.542 e. The molecule has 0 aromatic heterocycles. The number of aliphatic carboxylic acids is 2. The lowest BCUT2D eigenvalue weighted by Crippen LogP contribution is -2.37. The van der Waals surface area contributed by atoms with Gasteiger partial charge in [-0.2, -0.15) is 13.2 Å². The maximum atomic E-state index is 11.1. The number of ketones is 1. The first-order valence-corrected chi connectivity index (χ1v) is 7.41. The minimum absolute atomic E-state index is 0.0911. The van der Waals surface area contributed by atoms with Crippen LogP contribution in [-0.4, -0.2) is 53.3 Å². The lowest BCUT2D eigenvalue weighted by atomic mass is 10.1. The quantitative estimate of drug-likeness (QED) is 0.601. The summed E-state index contributed by atoms with van der Waals surface area (Å²) in [6, 6.07) is -0.903. The second-order valence-electron chi connectivity index (χ2n) is 3.94. The van der Waals surface area contributed by atoms with Crippen molar-refractivity contribution in [2.24, 2.45) is 5.73 Å². The van der Waals surface area contributed by atoms with Crippen molar-refractivity contribution in [3.63, 3.8) is 0 Å². The zero-order chi connectivity index (χ0) is 16.5. The van der Waals surface area contributed by atoms with Crippen LogP contribution in [0.4, 0.5) is 13.2 Å². The standard InChI is InChI=1S/C8H15NO3S.C2HF3O2/c1-13(2)5-6(10)3-4-7(9)8(11)12;3-2(4,5)1(6)7/h7H,3-5,9H2,1-2H3;(H,6,7)/t7-;/m0./s1. The fraction of sp³-hybridized carbons (Fsp3) is 0.700. The summed E-state index contributed by atoms with van der Waals surface area (Å²) in [6.45, 7) is 0. The molecule has 10 heteroatoms. The minimum Gasteiger partial charge on any atom is -0.542 e. The van der Waals surface area contributed by atoms with E-state index in [1.807, 2.05) is 12.5 Å². The fourth-order valence-corrected chi connectivity index (χ4v) is 1.62. The molecule has 3 N–H and O–H groups in total. The van der Waals surface area contributed by atoms with Crippen molar-refractivity contribution in [2.45, 2.75) is 25.1 Å². The van der Waals surface area contributed by atoms with Crippen LogP contribution < -0.4 is 10.8 Å². The maximum absolute atomic E-state index is 11.1. The molecule has 6 nitrogen and oxygen atoms in total. The minimum atomic E-state index is -5.19. The van der Waals surface area contributed by atoms with Gasteiger partial charge in [0.05, 0.1) is 12.5 Å². The molecule has 0 aromatic rings. The van der Waals surface area contributed by atoms with Gasteiger partial charge in [0.1, 0.15) is 12.0 Å². The normalized spacial score (nSPS) is 12.3. The zero-order valence-corrected chi connectivity index (χ0v) is 11.7. The van der Waals surface area contributed by atoms with Crippen molar-refractivity contribution in [1.29, 1.82) is 0 Å². The number of hydrogen-bond donors (Lipinski definition) is 2. The van der Waals surface area contributed by atoms with Gasteiger partial charge in [0.2, 0.25) is 0 Å². The van der Waals surface area contributed by atoms with Crippen LogP contribution in [0.3, 0.4) is 0 Å². The number of hydrogen-bond acceptors (Lipinski definition) is 5. The van der Waals surface area contributed by atoms with Gasteiger partial charge in [0.25, 0.3) is 0 Å². The Morgan fingerprint density at radius 3 is 1.95 bits per heavy atom. The number of carboxylic acid groups (broad SMARTS) is 2. The van der Waals surface area contributed by atoms with Crippen molar-refractivity contribution in [1.82, 2.24) is 0 Å². The number of carbonyl (C=O) groups is 3. The predicted octanol–water partition coefficient (Wildman–Crippen LogP) is -1.08. The summed E-state index contributed by atoms with van der Waals surface area (Å²) in [5.74, 6) is -3.41. The van der Waals surface area contributed by atoms with Gasteiger partial charge in [-0.25, -0.2) is 0 Å². The Labute approximate surface area is 116 Å². The van der Waals surface area contributed by atoms with Crippen molar-refractivity contribution >= 4 is 28.6 Å². The molecule has 0 heterocycles. The lowest BCUT2D eigenvalue weighted by molar-refractivity contribution is -0.344.